The minimum Gasteiger partial charge on any atom is -0.458 e. The summed E-state index contributed by atoms with van der Waals surface area (Å²) < 4.78 is 4.48. The Bertz CT molecular complexity index is 168. The molecule has 0 radical (unpaired) electrons. The Balaban J connectivity index is 2.70. The van der Waals surface area contributed by atoms with Gasteiger partial charge in [-0.1, -0.05) is 0 Å². The van der Waals surface area contributed by atoms with Crippen molar-refractivity contribution in [1.82, 2.24) is 0 Å². The van der Waals surface area contributed by atoms with Gasteiger partial charge in [0.05, 0.1) is 0 Å². The van der Waals surface area contributed by atoms with E-state index in [1.54, 1.807) is 0 Å². The highest BCUT2D eigenvalue weighted by Gasteiger charge is 2.41. The number of rotatable bonds is 0. The molecule has 3 N–H and O–H groups in total. The van der Waals surface area contributed by atoms with Crippen LogP contribution < -0.4 is 0 Å². The molecule has 11 heavy (non-hydrogen) atoms. The molecular formula is C6H10O5. The van der Waals surface area contributed by atoms with Crippen molar-refractivity contribution in [3.05, 3.63) is 0 Å². The Kier molecular flexibility index (Phi) is 2.12. The van der Waals surface area contributed by atoms with Gasteiger partial charge in [0, 0.05) is 0 Å². The van der Waals surface area contributed by atoms with E-state index in [1.165, 1.54) is 6.92 Å². The van der Waals surface area contributed by atoms with Crippen LogP contribution in [0.25, 0.3) is 0 Å². The monoisotopic (exact) mass is 162 g/mol. The summed E-state index contributed by atoms with van der Waals surface area (Å²) in [6.45, 7) is 1.44. The lowest BCUT2D eigenvalue weighted by molar-refractivity contribution is -0.199. The van der Waals surface area contributed by atoms with Crippen molar-refractivity contribution in [3.63, 3.8) is 0 Å². The van der Waals surface area contributed by atoms with Gasteiger partial charge in [-0.25, -0.2) is 4.79 Å². The van der Waals surface area contributed by atoms with E-state index in [4.69, 9.17) is 15.3 Å². The molecule has 1 saturated heterocycles. The number of carbonyl (C=O) groups excluding carboxylic acids is 1. The van der Waals surface area contributed by atoms with Crippen molar-refractivity contribution in [2.45, 2.75) is 31.3 Å². The van der Waals surface area contributed by atoms with Crippen molar-refractivity contribution >= 4 is 5.97 Å². The molecule has 0 unspecified atom stereocenters. The number of ether oxygens (including phenoxy) is 1. The standard InChI is InChI=1S/C6H10O5/c1-2-3(7)4(8)5(9)6(10)11-2/h2-5,7-9H,1H3/t2-,3+,4+,5-/m1/s1. The second-order valence-electron chi connectivity index (χ2n) is 2.57. The number of aliphatic hydroxyl groups excluding tert-OH is 3. The molecule has 0 aliphatic carbocycles. The molecular weight excluding hydrogens is 152 g/mol. The van der Waals surface area contributed by atoms with Crippen molar-refractivity contribution in [2.75, 3.05) is 0 Å². The Hall–Kier alpha value is -0.650. The zero-order valence-corrected chi connectivity index (χ0v) is 5.97. The number of aliphatic hydroxyl groups is 3. The van der Waals surface area contributed by atoms with Crippen molar-refractivity contribution in [3.8, 4) is 0 Å². The average Bonchev–Trinajstić information content (AvgIpc) is 1.97. The normalized spacial score (nSPS) is 45.3. The fraction of sp³-hybridized carbons (Fsp3) is 0.833. The van der Waals surface area contributed by atoms with Crippen LogP contribution in [0.1, 0.15) is 6.92 Å². The molecule has 4 atom stereocenters. The second-order valence-corrected chi connectivity index (χ2v) is 2.57. The lowest BCUT2D eigenvalue weighted by Crippen LogP contribution is -2.54. The van der Waals surface area contributed by atoms with Gasteiger partial charge in [0.2, 0.25) is 0 Å². The zero-order chi connectivity index (χ0) is 8.59. The van der Waals surface area contributed by atoms with E-state index in [-0.39, 0.29) is 0 Å². The fourth-order valence-corrected chi connectivity index (χ4v) is 0.927. The molecule has 0 aromatic rings. The molecule has 0 bridgehead atoms. The summed E-state index contributed by atoms with van der Waals surface area (Å²) in [5.74, 6) is -0.893. The van der Waals surface area contributed by atoms with Gasteiger partial charge in [-0.3, -0.25) is 0 Å². The first-order chi connectivity index (χ1) is 5.04. The highest BCUT2D eigenvalue weighted by Crippen LogP contribution is 2.15. The lowest BCUT2D eigenvalue weighted by atomic mass is 10.0. The van der Waals surface area contributed by atoms with E-state index in [1.807, 2.05) is 0 Å². The molecule has 64 valence electrons. The van der Waals surface area contributed by atoms with Crippen molar-refractivity contribution < 1.29 is 24.9 Å². The first-order valence-corrected chi connectivity index (χ1v) is 3.28. The summed E-state index contributed by atoms with van der Waals surface area (Å²) in [7, 11) is 0. The quantitative estimate of drug-likeness (QED) is 0.359. The van der Waals surface area contributed by atoms with Crippen LogP contribution in [0, 0.1) is 0 Å². The average molecular weight is 162 g/mol. The van der Waals surface area contributed by atoms with E-state index >= 15 is 0 Å². The number of carbonyl (C=O) groups is 1. The maximum absolute atomic E-state index is 10.6. The lowest BCUT2D eigenvalue weighted by Gasteiger charge is -2.31. The van der Waals surface area contributed by atoms with Crippen LogP contribution in [0.15, 0.2) is 0 Å². The summed E-state index contributed by atoms with van der Waals surface area (Å²) in [5, 5.41) is 26.9. The summed E-state index contributed by atoms with van der Waals surface area (Å²) in [5.41, 5.74) is 0. The maximum atomic E-state index is 10.6. The predicted octanol–water partition coefficient (Wildman–Crippen LogP) is -1.99. The SMILES string of the molecule is C[C@H]1OC(=O)[C@H](O)[C@@H](O)[C@H]1O. The summed E-state index contributed by atoms with van der Waals surface area (Å²) in [6, 6.07) is 0. The third-order valence-electron chi connectivity index (χ3n) is 1.70. The van der Waals surface area contributed by atoms with Crippen molar-refractivity contribution in [2.24, 2.45) is 0 Å². The van der Waals surface area contributed by atoms with Crippen LogP contribution in [0.5, 0.6) is 0 Å². The molecule has 1 fully saturated rings. The van der Waals surface area contributed by atoms with Gasteiger partial charge in [0.15, 0.2) is 6.10 Å². The van der Waals surface area contributed by atoms with E-state index in [0.29, 0.717) is 0 Å². The smallest absolute Gasteiger partial charge is 0.338 e. The van der Waals surface area contributed by atoms with Gasteiger partial charge < -0.3 is 20.1 Å². The van der Waals surface area contributed by atoms with Crippen LogP contribution >= 0.6 is 0 Å². The summed E-state index contributed by atoms with van der Waals surface area (Å²) >= 11 is 0. The van der Waals surface area contributed by atoms with Gasteiger partial charge >= 0.3 is 5.97 Å². The van der Waals surface area contributed by atoms with Gasteiger partial charge in [-0.15, -0.1) is 0 Å². The molecule has 0 spiro atoms. The minimum atomic E-state index is -1.62. The maximum Gasteiger partial charge on any atom is 0.338 e. The zero-order valence-electron chi connectivity index (χ0n) is 5.97. The molecule has 5 nitrogen and oxygen atoms in total. The van der Waals surface area contributed by atoms with Crippen LogP contribution in [0.3, 0.4) is 0 Å². The van der Waals surface area contributed by atoms with Gasteiger partial charge in [-0.05, 0) is 6.92 Å². The van der Waals surface area contributed by atoms with E-state index in [9.17, 15) is 4.79 Å². The molecule has 1 aliphatic rings. The molecule has 0 amide bonds. The topological polar surface area (TPSA) is 87.0 Å². The van der Waals surface area contributed by atoms with Gasteiger partial charge in [0.1, 0.15) is 18.3 Å². The Morgan fingerprint density at radius 2 is 1.82 bits per heavy atom. The Morgan fingerprint density at radius 1 is 1.27 bits per heavy atom. The van der Waals surface area contributed by atoms with Crippen LogP contribution in [-0.4, -0.2) is 45.7 Å². The molecule has 1 heterocycles. The van der Waals surface area contributed by atoms with Crippen LogP contribution in [0.2, 0.25) is 0 Å². The molecule has 1 aliphatic heterocycles. The third kappa shape index (κ3) is 1.35. The highest BCUT2D eigenvalue weighted by molar-refractivity contribution is 5.76. The molecule has 1 rings (SSSR count). The van der Waals surface area contributed by atoms with E-state index in [0.717, 1.165) is 0 Å². The predicted molar refractivity (Wildman–Crippen MR) is 33.6 cm³/mol. The number of cyclic esters (lactones) is 1. The Labute approximate surface area is 63.2 Å². The van der Waals surface area contributed by atoms with Crippen molar-refractivity contribution in [1.29, 1.82) is 0 Å². The number of hydrogen-bond acceptors (Lipinski definition) is 5. The number of esters is 1. The second kappa shape index (κ2) is 2.77. The first-order valence-electron chi connectivity index (χ1n) is 3.28. The third-order valence-corrected chi connectivity index (χ3v) is 1.70. The van der Waals surface area contributed by atoms with E-state index < -0.39 is 30.4 Å². The largest absolute Gasteiger partial charge is 0.458 e. The first kappa shape index (κ1) is 8.45. The van der Waals surface area contributed by atoms with Crippen LogP contribution in [-0.2, 0) is 9.53 Å². The summed E-state index contributed by atoms with van der Waals surface area (Å²) in [6.07, 6.45) is -5.03. The van der Waals surface area contributed by atoms with Crippen LogP contribution in [0.4, 0.5) is 0 Å². The molecule has 0 saturated carbocycles. The Morgan fingerprint density at radius 3 is 2.36 bits per heavy atom. The number of hydrogen-bond donors (Lipinski definition) is 3. The summed E-state index contributed by atoms with van der Waals surface area (Å²) in [4.78, 5) is 10.6. The molecule has 5 heteroatoms. The minimum absolute atomic E-state index is 0.763. The van der Waals surface area contributed by atoms with E-state index in [2.05, 4.69) is 4.74 Å². The highest BCUT2D eigenvalue weighted by atomic mass is 16.6. The van der Waals surface area contributed by atoms with Gasteiger partial charge in [-0.2, -0.15) is 0 Å². The molecule has 0 aromatic heterocycles. The molecule has 0 aromatic carbocycles. The van der Waals surface area contributed by atoms with Gasteiger partial charge in [0.25, 0.3) is 0 Å². The fourth-order valence-electron chi connectivity index (χ4n) is 0.927.